The molecule has 1 aromatic rings. The summed E-state index contributed by atoms with van der Waals surface area (Å²) in [7, 11) is -2.75. The van der Waals surface area contributed by atoms with Gasteiger partial charge in [0.05, 0.1) is 0 Å². The maximum atomic E-state index is 10.9. The van der Waals surface area contributed by atoms with Gasteiger partial charge in [-0.25, -0.2) is 0 Å². The quantitative estimate of drug-likeness (QED) is 0.642. The van der Waals surface area contributed by atoms with E-state index in [9.17, 15) is 8.42 Å². The molecular formula is C8H11NO4S. The maximum Gasteiger partial charge on any atom is 0.285 e. The fraction of sp³-hybridized carbons (Fsp3) is 0.250. The highest BCUT2D eigenvalue weighted by molar-refractivity contribution is 7.86. The lowest BCUT2D eigenvalue weighted by Gasteiger charge is -2.12. The van der Waals surface area contributed by atoms with Crippen molar-refractivity contribution >= 4 is 10.1 Å². The van der Waals surface area contributed by atoms with Crippen LogP contribution in [0.2, 0.25) is 0 Å². The SMILES string of the molecule is CNC(c1ccc(O)cc1)S(=O)(=O)O. The van der Waals surface area contributed by atoms with E-state index in [2.05, 4.69) is 5.32 Å². The second kappa shape index (κ2) is 3.95. The van der Waals surface area contributed by atoms with Crippen molar-refractivity contribution in [3.63, 3.8) is 0 Å². The van der Waals surface area contributed by atoms with Crippen molar-refractivity contribution in [2.75, 3.05) is 7.05 Å². The van der Waals surface area contributed by atoms with E-state index in [1.54, 1.807) is 0 Å². The van der Waals surface area contributed by atoms with Gasteiger partial charge in [-0.2, -0.15) is 8.42 Å². The molecule has 0 radical (unpaired) electrons. The number of nitrogens with one attached hydrogen (secondary N) is 1. The largest absolute Gasteiger partial charge is 0.508 e. The molecule has 0 bridgehead atoms. The fourth-order valence-electron chi connectivity index (χ4n) is 1.14. The van der Waals surface area contributed by atoms with Gasteiger partial charge in [-0.3, -0.25) is 9.87 Å². The first kappa shape index (κ1) is 11.0. The first-order chi connectivity index (χ1) is 6.45. The molecule has 78 valence electrons. The van der Waals surface area contributed by atoms with Crippen molar-refractivity contribution in [2.24, 2.45) is 0 Å². The van der Waals surface area contributed by atoms with Crippen LogP contribution in [-0.2, 0) is 10.1 Å². The normalized spacial score (nSPS) is 13.9. The van der Waals surface area contributed by atoms with Crippen LogP contribution in [0, 0.1) is 0 Å². The summed E-state index contributed by atoms with van der Waals surface area (Å²) in [5.41, 5.74) is 0.368. The molecule has 0 spiro atoms. The highest BCUT2D eigenvalue weighted by Crippen LogP contribution is 2.20. The molecule has 0 amide bonds. The molecular weight excluding hydrogens is 206 g/mol. The van der Waals surface area contributed by atoms with Crippen LogP contribution < -0.4 is 5.32 Å². The molecule has 1 aromatic carbocycles. The second-order valence-electron chi connectivity index (χ2n) is 2.78. The van der Waals surface area contributed by atoms with Crippen molar-refractivity contribution in [3.8, 4) is 5.75 Å². The molecule has 14 heavy (non-hydrogen) atoms. The lowest BCUT2D eigenvalue weighted by molar-refractivity contribution is 0.458. The topological polar surface area (TPSA) is 86.6 Å². The number of aromatic hydroxyl groups is 1. The Labute approximate surface area is 82.1 Å². The third-order valence-electron chi connectivity index (χ3n) is 1.76. The summed E-state index contributed by atoms with van der Waals surface area (Å²) in [6, 6.07) is 5.55. The highest BCUT2D eigenvalue weighted by atomic mass is 32.2. The van der Waals surface area contributed by atoms with Gasteiger partial charge in [-0.15, -0.1) is 0 Å². The zero-order valence-corrected chi connectivity index (χ0v) is 8.32. The maximum absolute atomic E-state index is 10.9. The number of rotatable bonds is 3. The van der Waals surface area contributed by atoms with E-state index in [4.69, 9.17) is 9.66 Å². The molecule has 0 saturated heterocycles. The van der Waals surface area contributed by atoms with Crippen LogP contribution in [0.15, 0.2) is 24.3 Å². The minimum Gasteiger partial charge on any atom is -0.508 e. The standard InChI is InChI=1S/C8H11NO4S/c1-9-8(14(11,12)13)6-2-4-7(10)5-3-6/h2-5,8-10H,1H3,(H,11,12,13). The van der Waals surface area contributed by atoms with Crippen LogP contribution in [0.1, 0.15) is 10.9 Å². The van der Waals surface area contributed by atoms with Crippen LogP contribution in [0.5, 0.6) is 5.75 Å². The average Bonchev–Trinajstić information content (AvgIpc) is 2.07. The van der Waals surface area contributed by atoms with E-state index in [0.717, 1.165) is 0 Å². The van der Waals surface area contributed by atoms with Crippen LogP contribution in [0.3, 0.4) is 0 Å². The van der Waals surface area contributed by atoms with Gasteiger partial charge < -0.3 is 5.11 Å². The van der Waals surface area contributed by atoms with Crippen molar-refractivity contribution in [1.82, 2.24) is 5.32 Å². The van der Waals surface area contributed by atoms with E-state index in [1.165, 1.54) is 31.3 Å². The summed E-state index contributed by atoms with van der Waals surface area (Å²) in [5.74, 6) is 0.0407. The molecule has 0 fully saturated rings. The van der Waals surface area contributed by atoms with Crippen molar-refractivity contribution in [1.29, 1.82) is 0 Å². The minimum atomic E-state index is -4.17. The van der Waals surface area contributed by atoms with E-state index < -0.39 is 15.5 Å². The first-order valence-corrected chi connectivity index (χ1v) is 5.38. The van der Waals surface area contributed by atoms with Gasteiger partial charge in [0.25, 0.3) is 10.1 Å². The van der Waals surface area contributed by atoms with E-state index in [-0.39, 0.29) is 5.75 Å². The lowest BCUT2D eigenvalue weighted by atomic mass is 10.2. The molecule has 0 aromatic heterocycles. The van der Waals surface area contributed by atoms with Crippen molar-refractivity contribution in [2.45, 2.75) is 5.37 Å². The molecule has 0 aliphatic carbocycles. The Bertz CT molecular complexity index is 398. The molecule has 0 aliphatic heterocycles. The molecule has 0 aliphatic rings. The highest BCUT2D eigenvalue weighted by Gasteiger charge is 2.22. The Balaban J connectivity index is 3.08. The monoisotopic (exact) mass is 217 g/mol. The third-order valence-corrected chi connectivity index (χ3v) is 2.86. The molecule has 1 unspecified atom stereocenters. The van der Waals surface area contributed by atoms with Gasteiger partial charge in [-0.1, -0.05) is 12.1 Å². The summed E-state index contributed by atoms with van der Waals surface area (Å²) in [6.45, 7) is 0. The molecule has 5 nitrogen and oxygen atoms in total. The van der Waals surface area contributed by atoms with Crippen LogP contribution in [0.25, 0.3) is 0 Å². The Morgan fingerprint density at radius 3 is 2.14 bits per heavy atom. The summed E-state index contributed by atoms with van der Waals surface area (Å²) in [4.78, 5) is 0. The van der Waals surface area contributed by atoms with Gasteiger partial charge in [0.1, 0.15) is 5.75 Å². The smallest absolute Gasteiger partial charge is 0.285 e. The van der Waals surface area contributed by atoms with E-state index in [1.807, 2.05) is 0 Å². The van der Waals surface area contributed by atoms with E-state index in [0.29, 0.717) is 5.56 Å². The first-order valence-electron chi connectivity index (χ1n) is 3.87. The number of benzene rings is 1. The number of hydrogen-bond donors (Lipinski definition) is 3. The summed E-state index contributed by atoms with van der Waals surface area (Å²) in [5, 5.41) is 10.3. The lowest BCUT2D eigenvalue weighted by Crippen LogP contribution is -2.24. The number of phenolic OH excluding ortho intramolecular Hbond substituents is 1. The zero-order valence-electron chi connectivity index (χ0n) is 7.51. The van der Waals surface area contributed by atoms with E-state index >= 15 is 0 Å². The fourth-order valence-corrected chi connectivity index (χ4v) is 1.94. The van der Waals surface area contributed by atoms with Gasteiger partial charge in [0.2, 0.25) is 0 Å². The van der Waals surface area contributed by atoms with Gasteiger partial charge in [0, 0.05) is 0 Å². The predicted molar refractivity (Wildman–Crippen MR) is 51.5 cm³/mol. The van der Waals surface area contributed by atoms with Crippen LogP contribution in [0.4, 0.5) is 0 Å². The molecule has 1 atom stereocenters. The predicted octanol–water partition coefficient (Wildman–Crippen LogP) is 0.498. The second-order valence-corrected chi connectivity index (χ2v) is 4.28. The third kappa shape index (κ3) is 2.44. The summed E-state index contributed by atoms with van der Waals surface area (Å²) >= 11 is 0. The molecule has 0 saturated carbocycles. The zero-order chi connectivity index (χ0) is 10.8. The number of hydrogen-bond acceptors (Lipinski definition) is 4. The Morgan fingerprint density at radius 2 is 1.79 bits per heavy atom. The minimum absolute atomic E-state index is 0.0407. The average molecular weight is 217 g/mol. The Morgan fingerprint density at radius 1 is 1.29 bits per heavy atom. The Hall–Kier alpha value is -1.11. The van der Waals surface area contributed by atoms with Crippen LogP contribution >= 0.6 is 0 Å². The summed E-state index contributed by atoms with van der Waals surface area (Å²) in [6.07, 6.45) is 0. The van der Waals surface area contributed by atoms with Crippen molar-refractivity contribution < 1.29 is 18.1 Å². The molecule has 3 N–H and O–H groups in total. The van der Waals surface area contributed by atoms with Gasteiger partial charge >= 0.3 is 0 Å². The number of phenols is 1. The molecule has 0 heterocycles. The summed E-state index contributed by atoms with van der Waals surface area (Å²) < 4.78 is 30.6. The van der Waals surface area contributed by atoms with Gasteiger partial charge in [-0.05, 0) is 24.7 Å². The van der Waals surface area contributed by atoms with Crippen molar-refractivity contribution in [3.05, 3.63) is 29.8 Å². The van der Waals surface area contributed by atoms with Gasteiger partial charge in [0.15, 0.2) is 5.37 Å². The Kier molecular flexibility index (Phi) is 3.10. The molecule has 6 heteroatoms. The van der Waals surface area contributed by atoms with Crippen LogP contribution in [-0.4, -0.2) is 25.1 Å². The molecule has 1 rings (SSSR count).